The molecule has 0 saturated carbocycles. The van der Waals surface area contributed by atoms with E-state index in [9.17, 15) is 25.9 Å². The predicted octanol–water partition coefficient (Wildman–Crippen LogP) is -0.0472. The van der Waals surface area contributed by atoms with Gasteiger partial charge in [0.05, 0.1) is 4.90 Å². The van der Waals surface area contributed by atoms with Crippen LogP contribution in [0.25, 0.3) is 0 Å². The van der Waals surface area contributed by atoms with Crippen LogP contribution in [-0.2, 0) is 20.2 Å². The fourth-order valence-corrected chi connectivity index (χ4v) is 2.78. The zero-order chi connectivity index (χ0) is 11.9. The number of rotatable bonds is 2. The van der Waals surface area contributed by atoms with Crippen molar-refractivity contribution in [2.24, 2.45) is 0 Å². The fraction of sp³-hybridized carbons (Fsp3) is 0. The minimum absolute atomic E-state index is 0. The molecule has 1 aromatic rings. The van der Waals surface area contributed by atoms with Crippen LogP contribution in [0, 0.1) is 0 Å². The molecular weight excluding hydrogens is 276 g/mol. The van der Waals surface area contributed by atoms with Crippen molar-refractivity contribution in [3.63, 3.8) is 0 Å². The molecular formula is C6H12N2O7S2. The van der Waals surface area contributed by atoms with Gasteiger partial charge in [0, 0.05) is 0 Å². The largest absolute Gasteiger partial charge is 0.744 e. The Hall–Kier alpha value is -1.24. The molecule has 100 valence electrons. The van der Waals surface area contributed by atoms with Crippen LogP contribution >= 0.6 is 0 Å². The second kappa shape index (κ2) is 5.39. The summed E-state index contributed by atoms with van der Waals surface area (Å²) in [6.45, 7) is 0. The predicted molar refractivity (Wildman–Crippen MR) is 56.0 cm³/mol. The highest BCUT2D eigenvalue weighted by atomic mass is 32.2. The van der Waals surface area contributed by atoms with Crippen molar-refractivity contribution in [2.75, 3.05) is 0 Å². The molecule has 0 saturated heterocycles. The van der Waals surface area contributed by atoms with E-state index in [-0.39, 0.29) is 12.3 Å². The van der Waals surface area contributed by atoms with E-state index in [0.717, 1.165) is 12.1 Å². The molecule has 1 rings (SSSR count). The molecule has 0 aliphatic rings. The smallest absolute Gasteiger partial charge is 0.134 e. The van der Waals surface area contributed by atoms with Crippen LogP contribution in [0.1, 0.15) is 0 Å². The van der Waals surface area contributed by atoms with Gasteiger partial charge in [0.25, 0.3) is 0 Å². The molecule has 0 amide bonds. The maximum absolute atomic E-state index is 10.6. The Labute approximate surface area is 97.8 Å². The Morgan fingerprint density at radius 1 is 0.941 bits per heavy atom. The highest BCUT2D eigenvalue weighted by Gasteiger charge is 2.18. The van der Waals surface area contributed by atoms with E-state index in [2.05, 4.69) is 0 Å². The SMILES string of the molecule is O=S(=O)([O-])c1cccc(O)c1S(=O)(=O)[O-].[NH4+].[NH4+]. The molecule has 0 unspecified atom stereocenters. The van der Waals surface area contributed by atoms with Crippen molar-refractivity contribution in [3.05, 3.63) is 18.2 Å². The van der Waals surface area contributed by atoms with Crippen LogP contribution in [0.2, 0.25) is 0 Å². The summed E-state index contributed by atoms with van der Waals surface area (Å²) in [5, 5.41) is 9.01. The summed E-state index contributed by atoms with van der Waals surface area (Å²) in [5.74, 6) is -1.07. The summed E-state index contributed by atoms with van der Waals surface area (Å²) in [7, 11) is -10.4. The van der Waals surface area contributed by atoms with E-state index in [1.165, 1.54) is 0 Å². The quantitative estimate of drug-likeness (QED) is 0.631. The molecule has 0 spiro atoms. The van der Waals surface area contributed by atoms with E-state index >= 15 is 0 Å². The van der Waals surface area contributed by atoms with Crippen molar-refractivity contribution in [1.82, 2.24) is 12.3 Å². The molecule has 0 aromatic heterocycles. The van der Waals surface area contributed by atoms with E-state index < -0.39 is 35.8 Å². The summed E-state index contributed by atoms with van der Waals surface area (Å²) >= 11 is 0. The Morgan fingerprint density at radius 2 is 1.41 bits per heavy atom. The highest BCUT2D eigenvalue weighted by molar-refractivity contribution is 7.89. The zero-order valence-electron chi connectivity index (χ0n) is 8.95. The minimum atomic E-state index is -5.23. The fourth-order valence-electron chi connectivity index (χ4n) is 0.952. The number of aromatic hydroxyl groups is 1. The normalized spacial score (nSPS) is 11.2. The number of phenolic OH excluding ortho intramolecular Hbond substituents is 1. The van der Waals surface area contributed by atoms with Crippen LogP contribution in [0.5, 0.6) is 5.75 Å². The molecule has 17 heavy (non-hydrogen) atoms. The van der Waals surface area contributed by atoms with Gasteiger partial charge in [0.2, 0.25) is 0 Å². The molecule has 0 atom stereocenters. The Kier molecular flexibility index (Phi) is 5.75. The first kappa shape index (κ1) is 18.1. The van der Waals surface area contributed by atoms with Crippen LogP contribution in [0.15, 0.2) is 28.0 Å². The van der Waals surface area contributed by atoms with E-state index in [0.29, 0.717) is 6.07 Å². The lowest BCUT2D eigenvalue weighted by Crippen LogP contribution is -2.08. The summed E-state index contributed by atoms with van der Waals surface area (Å²) in [4.78, 5) is -2.67. The molecule has 0 heterocycles. The molecule has 9 N–H and O–H groups in total. The first-order valence-corrected chi connectivity index (χ1v) is 6.19. The van der Waals surface area contributed by atoms with Gasteiger partial charge in [-0.25, -0.2) is 16.8 Å². The lowest BCUT2D eigenvalue weighted by Gasteiger charge is -2.16. The second-order valence-electron chi connectivity index (χ2n) is 2.51. The monoisotopic (exact) mass is 288 g/mol. The third kappa shape index (κ3) is 3.92. The number of benzene rings is 1. The third-order valence-electron chi connectivity index (χ3n) is 1.48. The maximum Gasteiger partial charge on any atom is 0.134 e. The Bertz CT molecular complexity index is 593. The average Bonchev–Trinajstić information content (AvgIpc) is 1.99. The zero-order valence-corrected chi connectivity index (χ0v) is 10.6. The van der Waals surface area contributed by atoms with Crippen molar-refractivity contribution >= 4 is 20.2 Å². The summed E-state index contributed by atoms with van der Waals surface area (Å²) in [6.07, 6.45) is 0. The second-order valence-corrected chi connectivity index (χ2v) is 5.18. The van der Waals surface area contributed by atoms with Gasteiger partial charge in [-0.15, -0.1) is 0 Å². The summed E-state index contributed by atoms with van der Waals surface area (Å²) in [6, 6.07) is 2.36. The lowest BCUT2D eigenvalue weighted by atomic mass is 10.3. The first-order chi connectivity index (χ1) is 6.64. The van der Waals surface area contributed by atoms with Crippen LogP contribution in [0.4, 0.5) is 0 Å². The summed E-state index contributed by atoms with van der Waals surface area (Å²) in [5.41, 5.74) is 0. The third-order valence-corrected chi connectivity index (χ3v) is 3.41. The minimum Gasteiger partial charge on any atom is -0.744 e. The molecule has 0 radical (unpaired) electrons. The van der Waals surface area contributed by atoms with Crippen molar-refractivity contribution in [3.8, 4) is 5.75 Å². The summed E-state index contributed by atoms with van der Waals surface area (Å²) < 4.78 is 63.6. The number of hydrogen-bond acceptors (Lipinski definition) is 7. The molecule has 0 aliphatic heterocycles. The molecule has 9 nitrogen and oxygen atoms in total. The number of quaternary nitrogens is 2. The van der Waals surface area contributed by atoms with Gasteiger partial charge in [0.15, 0.2) is 0 Å². The van der Waals surface area contributed by atoms with Gasteiger partial charge in [-0.3, -0.25) is 0 Å². The lowest BCUT2D eigenvalue weighted by molar-refractivity contribution is 0.421. The maximum atomic E-state index is 10.6. The van der Waals surface area contributed by atoms with Gasteiger partial charge in [-0.1, -0.05) is 6.07 Å². The number of hydrogen-bond donors (Lipinski definition) is 3. The van der Waals surface area contributed by atoms with Crippen LogP contribution in [0.3, 0.4) is 0 Å². The van der Waals surface area contributed by atoms with Crippen LogP contribution < -0.4 is 12.3 Å². The van der Waals surface area contributed by atoms with E-state index in [1.807, 2.05) is 0 Å². The standard InChI is InChI=1S/C6H6O7S2.2H3N/c7-4-2-1-3-5(14(8,9)10)6(4)15(11,12)13;;/h1-3,7H,(H,8,9,10)(H,11,12,13);2*1H3. The first-order valence-electron chi connectivity index (χ1n) is 3.38. The average molecular weight is 288 g/mol. The van der Waals surface area contributed by atoms with Gasteiger partial charge >= 0.3 is 0 Å². The topological polar surface area (TPSA) is 208 Å². The Morgan fingerprint density at radius 3 is 1.71 bits per heavy atom. The van der Waals surface area contributed by atoms with Crippen LogP contribution in [-0.4, -0.2) is 31.0 Å². The van der Waals surface area contributed by atoms with E-state index in [1.54, 1.807) is 0 Å². The molecule has 0 aliphatic carbocycles. The molecule has 0 fully saturated rings. The van der Waals surface area contributed by atoms with Gasteiger partial charge in [-0.2, -0.15) is 0 Å². The van der Waals surface area contributed by atoms with E-state index in [4.69, 9.17) is 5.11 Å². The van der Waals surface area contributed by atoms with Gasteiger partial charge in [-0.05, 0) is 12.1 Å². The van der Waals surface area contributed by atoms with Gasteiger partial charge in [0.1, 0.15) is 30.9 Å². The Balaban J connectivity index is 0. The molecule has 0 bridgehead atoms. The van der Waals surface area contributed by atoms with Crippen molar-refractivity contribution < 1.29 is 31.0 Å². The molecule has 1 aromatic carbocycles. The van der Waals surface area contributed by atoms with Crippen molar-refractivity contribution in [1.29, 1.82) is 0 Å². The molecule has 11 heteroatoms. The number of phenols is 1. The van der Waals surface area contributed by atoms with Crippen molar-refractivity contribution in [2.45, 2.75) is 9.79 Å². The highest BCUT2D eigenvalue weighted by Crippen LogP contribution is 2.28. The van der Waals surface area contributed by atoms with Gasteiger partial charge < -0.3 is 26.5 Å².